The molecule has 3 aromatic rings. The molecule has 3 N–H and O–H groups in total. The van der Waals surface area contributed by atoms with Crippen LogP contribution in [0.3, 0.4) is 0 Å². The maximum Gasteiger partial charge on any atom is 0.256 e. The second-order valence-corrected chi connectivity index (χ2v) is 5.65. The molecule has 122 valence electrons. The molecule has 0 unspecified atom stereocenters. The van der Waals surface area contributed by atoms with Gasteiger partial charge in [-0.2, -0.15) is 0 Å². The average Bonchev–Trinajstić information content (AvgIpc) is 3.17. The highest BCUT2D eigenvalue weighted by molar-refractivity contribution is 7.13. The molecule has 0 atom stereocenters. The summed E-state index contributed by atoms with van der Waals surface area (Å²) in [7, 11) is 0. The Morgan fingerprint density at radius 1 is 1.33 bits per heavy atom. The van der Waals surface area contributed by atoms with Gasteiger partial charge in [0.1, 0.15) is 16.3 Å². The third-order valence-electron chi connectivity index (χ3n) is 3.20. The lowest BCUT2D eigenvalue weighted by molar-refractivity contribution is -0.116. The van der Waals surface area contributed by atoms with Gasteiger partial charge in [0.05, 0.1) is 5.69 Å². The molecular formula is C15H12N4O4S. The van der Waals surface area contributed by atoms with E-state index < -0.39 is 11.8 Å². The van der Waals surface area contributed by atoms with Crippen LogP contribution >= 0.6 is 11.3 Å². The molecule has 0 aliphatic rings. The first-order valence-electron chi connectivity index (χ1n) is 6.78. The smallest absolute Gasteiger partial charge is 0.256 e. The van der Waals surface area contributed by atoms with E-state index in [9.17, 15) is 14.7 Å². The molecule has 1 aromatic carbocycles. The number of nitrogens with zero attached hydrogens (tertiary/aromatic N) is 3. The fourth-order valence-electron chi connectivity index (χ4n) is 2.22. The molecule has 2 aromatic heterocycles. The van der Waals surface area contributed by atoms with Gasteiger partial charge in [-0.1, -0.05) is 17.3 Å². The molecule has 0 aliphatic carbocycles. The van der Waals surface area contributed by atoms with Crippen LogP contribution in [0.2, 0.25) is 0 Å². The van der Waals surface area contributed by atoms with Crippen LogP contribution in [-0.4, -0.2) is 27.1 Å². The Morgan fingerprint density at radius 3 is 2.67 bits per heavy atom. The Hall–Kier alpha value is -3.20. The monoisotopic (exact) mass is 344 g/mol. The average molecular weight is 344 g/mol. The Labute approximate surface area is 140 Å². The number of aromatic nitrogens is 2. The molecule has 2 heterocycles. The van der Waals surface area contributed by atoms with Crippen LogP contribution in [0, 0.1) is 0 Å². The fourth-order valence-corrected chi connectivity index (χ4v) is 2.84. The van der Waals surface area contributed by atoms with Gasteiger partial charge in [-0.3, -0.25) is 9.59 Å². The van der Waals surface area contributed by atoms with Crippen LogP contribution in [-0.2, 0) is 4.79 Å². The molecule has 8 nitrogen and oxygen atoms in total. The summed E-state index contributed by atoms with van der Waals surface area (Å²) in [6, 6.07) is 6.15. The summed E-state index contributed by atoms with van der Waals surface area (Å²) in [5.41, 5.74) is 5.67. The lowest BCUT2D eigenvalue weighted by atomic mass is 10.2. The lowest BCUT2D eigenvalue weighted by Crippen LogP contribution is -2.25. The molecule has 2 amide bonds. The van der Waals surface area contributed by atoms with E-state index in [0.29, 0.717) is 5.01 Å². The minimum atomic E-state index is -0.821. The van der Waals surface area contributed by atoms with E-state index in [1.165, 1.54) is 30.4 Å². The minimum Gasteiger partial charge on any atom is -0.506 e. The topological polar surface area (TPSA) is 123 Å². The number of aromatic hydroxyl groups is 1. The number of primary amides is 1. The number of hydrogen-bond donors (Lipinski definition) is 2. The standard InChI is InChI=1S/C15H12N4O4S/c1-8(20)19(9-4-2-3-5-10(9)21)15-11(13(16)22)12(18-23-15)14-17-6-7-24-14/h2-7,21H,1H3,(H2,16,22). The minimum absolute atomic E-state index is 0.0802. The zero-order valence-corrected chi connectivity index (χ0v) is 13.3. The number of benzene rings is 1. The van der Waals surface area contributed by atoms with Crippen molar-refractivity contribution in [3.8, 4) is 16.5 Å². The highest BCUT2D eigenvalue weighted by Crippen LogP contribution is 2.38. The number of anilines is 2. The zero-order chi connectivity index (χ0) is 17.3. The maximum atomic E-state index is 12.1. The number of nitrogens with two attached hydrogens (primary N) is 1. The van der Waals surface area contributed by atoms with Crippen LogP contribution in [0.15, 0.2) is 40.4 Å². The molecule has 0 saturated heterocycles. The van der Waals surface area contributed by atoms with Gasteiger partial charge in [-0.05, 0) is 12.1 Å². The number of carbonyl (C=O) groups is 2. The number of carbonyl (C=O) groups excluding carboxylic acids is 2. The second kappa shape index (κ2) is 6.13. The highest BCUT2D eigenvalue weighted by atomic mass is 32.1. The third kappa shape index (κ3) is 2.61. The quantitative estimate of drug-likeness (QED) is 0.748. The Bertz CT molecular complexity index is 904. The van der Waals surface area contributed by atoms with E-state index in [-0.39, 0.29) is 28.6 Å². The number of para-hydroxylation sites is 2. The number of phenols is 1. The van der Waals surface area contributed by atoms with E-state index in [1.807, 2.05) is 0 Å². The summed E-state index contributed by atoms with van der Waals surface area (Å²) in [5, 5.41) is 16.0. The molecule has 0 aliphatic heterocycles. The summed E-state index contributed by atoms with van der Waals surface area (Å²) < 4.78 is 5.22. The number of hydrogen-bond acceptors (Lipinski definition) is 7. The Kier molecular flexibility index (Phi) is 4.00. The van der Waals surface area contributed by atoms with Crippen molar-refractivity contribution < 1.29 is 19.2 Å². The van der Waals surface area contributed by atoms with Gasteiger partial charge < -0.3 is 15.4 Å². The normalized spacial score (nSPS) is 10.5. The summed E-state index contributed by atoms with van der Waals surface area (Å²) in [4.78, 5) is 29.2. The summed E-state index contributed by atoms with van der Waals surface area (Å²) in [6.45, 7) is 1.27. The maximum absolute atomic E-state index is 12.1. The van der Waals surface area contributed by atoms with Crippen LogP contribution in [0.5, 0.6) is 5.75 Å². The van der Waals surface area contributed by atoms with E-state index >= 15 is 0 Å². The summed E-state index contributed by atoms with van der Waals surface area (Å²) in [5.74, 6) is -1.63. The van der Waals surface area contributed by atoms with E-state index in [1.54, 1.807) is 23.7 Å². The molecule has 9 heteroatoms. The van der Waals surface area contributed by atoms with Crippen molar-refractivity contribution in [3.05, 3.63) is 41.4 Å². The number of amides is 2. The fraction of sp³-hybridized carbons (Fsp3) is 0.0667. The molecular weight excluding hydrogens is 332 g/mol. The first kappa shape index (κ1) is 15.7. The van der Waals surface area contributed by atoms with E-state index in [2.05, 4.69) is 10.1 Å². The lowest BCUT2D eigenvalue weighted by Gasteiger charge is -2.19. The van der Waals surface area contributed by atoms with E-state index in [0.717, 1.165) is 4.90 Å². The second-order valence-electron chi connectivity index (χ2n) is 4.76. The molecule has 0 radical (unpaired) electrons. The first-order chi connectivity index (χ1) is 11.5. The van der Waals surface area contributed by atoms with Gasteiger partial charge in [-0.25, -0.2) is 9.88 Å². The Balaban J connectivity index is 2.22. The number of phenolic OH excluding ortho intramolecular Hbond substituents is 1. The van der Waals surface area contributed by atoms with E-state index in [4.69, 9.17) is 10.3 Å². The number of rotatable bonds is 4. The van der Waals surface area contributed by atoms with Gasteiger partial charge in [0.15, 0.2) is 5.69 Å². The summed E-state index contributed by atoms with van der Waals surface area (Å²) >= 11 is 1.25. The van der Waals surface area contributed by atoms with Crippen LogP contribution in [0.1, 0.15) is 17.3 Å². The van der Waals surface area contributed by atoms with Gasteiger partial charge in [0.2, 0.25) is 5.91 Å². The van der Waals surface area contributed by atoms with Gasteiger partial charge in [0, 0.05) is 18.5 Å². The Morgan fingerprint density at radius 2 is 2.08 bits per heavy atom. The predicted octanol–water partition coefficient (Wildman–Crippen LogP) is 2.29. The summed E-state index contributed by atoms with van der Waals surface area (Å²) in [6.07, 6.45) is 1.55. The third-order valence-corrected chi connectivity index (χ3v) is 3.98. The molecule has 0 saturated carbocycles. The van der Waals surface area contributed by atoms with Crippen LogP contribution in [0.25, 0.3) is 10.7 Å². The van der Waals surface area contributed by atoms with Crippen molar-refractivity contribution in [2.45, 2.75) is 6.92 Å². The molecule has 0 fully saturated rings. The van der Waals surface area contributed by atoms with Crippen LogP contribution in [0.4, 0.5) is 11.6 Å². The molecule has 0 bridgehead atoms. The highest BCUT2D eigenvalue weighted by Gasteiger charge is 2.31. The molecule has 3 rings (SSSR count). The van der Waals surface area contributed by atoms with Crippen molar-refractivity contribution in [1.29, 1.82) is 0 Å². The largest absolute Gasteiger partial charge is 0.506 e. The zero-order valence-electron chi connectivity index (χ0n) is 12.5. The van der Waals surface area contributed by atoms with Gasteiger partial charge in [0.25, 0.3) is 11.8 Å². The van der Waals surface area contributed by atoms with Crippen molar-refractivity contribution in [3.63, 3.8) is 0 Å². The van der Waals surface area contributed by atoms with Crippen LogP contribution < -0.4 is 10.6 Å². The molecule has 24 heavy (non-hydrogen) atoms. The predicted molar refractivity (Wildman–Crippen MR) is 87.1 cm³/mol. The SMILES string of the molecule is CC(=O)N(c1ccccc1O)c1onc(-c2nccs2)c1C(N)=O. The van der Waals surface area contributed by atoms with Crippen molar-refractivity contribution in [2.75, 3.05) is 4.90 Å². The molecule has 0 spiro atoms. The van der Waals surface area contributed by atoms with Crippen molar-refractivity contribution in [2.24, 2.45) is 5.73 Å². The van der Waals surface area contributed by atoms with Crippen molar-refractivity contribution >= 4 is 34.7 Å². The van der Waals surface area contributed by atoms with Gasteiger partial charge >= 0.3 is 0 Å². The number of thiazole rings is 1. The first-order valence-corrected chi connectivity index (χ1v) is 7.66. The van der Waals surface area contributed by atoms with Crippen molar-refractivity contribution in [1.82, 2.24) is 10.1 Å². The van der Waals surface area contributed by atoms with Gasteiger partial charge in [-0.15, -0.1) is 11.3 Å².